The van der Waals surface area contributed by atoms with Crippen LogP contribution in [0.25, 0.3) is 0 Å². The minimum Gasteiger partial charge on any atom is -1.00 e. The second kappa shape index (κ2) is 33.3. The normalized spacial score (nSPS) is 0. The number of rotatable bonds is 0. The van der Waals surface area contributed by atoms with Gasteiger partial charge in [-0.25, -0.2) is 0 Å². The van der Waals surface area contributed by atoms with E-state index in [1.54, 1.807) is 0 Å². The van der Waals surface area contributed by atoms with Gasteiger partial charge in [-0.2, -0.15) is 0 Å². The fraction of sp³-hybridized carbons (Fsp3) is 0. The summed E-state index contributed by atoms with van der Waals surface area (Å²) in [6, 6.07) is 0. The molecule has 0 heterocycles. The van der Waals surface area contributed by atoms with Gasteiger partial charge in [-0.3, -0.25) is 0 Å². The van der Waals surface area contributed by atoms with Gasteiger partial charge in [0.1, 0.15) is 0 Å². The van der Waals surface area contributed by atoms with E-state index < -0.39 is 0 Å². The average molecular weight is 690 g/mol. The first-order chi connectivity index (χ1) is 0. The van der Waals surface area contributed by atoms with Gasteiger partial charge in [-0.15, -0.1) is 0 Å². The molecule has 0 radical (unpaired) electrons. The number of halogens is 4. The molecule has 6 heavy (non-hydrogen) atoms. The summed E-state index contributed by atoms with van der Waals surface area (Å²) in [5.41, 5.74) is 0. The van der Waals surface area contributed by atoms with Gasteiger partial charge in [0.2, 0.25) is 0 Å². The molecule has 0 aliphatic heterocycles. The zero-order valence-electron chi connectivity index (χ0n) is 2.51. The molecule has 0 unspecified atom stereocenters. The van der Waals surface area contributed by atoms with E-state index >= 15 is 0 Å². The second-order valence-electron chi connectivity index (χ2n) is 0. The summed E-state index contributed by atoms with van der Waals surface area (Å²) in [5, 5.41) is 0. The maximum atomic E-state index is 0. The first-order valence-corrected chi connectivity index (χ1v) is 0. The van der Waals surface area contributed by atoms with E-state index in [-0.39, 0.29) is 148 Å². The van der Waals surface area contributed by atoms with Crippen LogP contribution >= 0.6 is 0 Å². The Morgan fingerprint density at radius 3 is 0.333 bits per heavy atom. The third kappa shape index (κ3) is 23.4. The second-order valence-corrected chi connectivity index (χ2v) is 0. The average Bonchev–Trinajstić information content (AvgIpc) is 0. The molecule has 32 valence electrons. The van der Waals surface area contributed by atoms with Gasteiger partial charge in [-0.05, 0) is 0 Å². The Bertz CT molecular complexity index is 5.51. The Morgan fingerprint density at radius 2 is 0.333 bits per heavy atom. The van der Waals surface area contributed by atoms with Crippen molar-refractivity contribution < 1.29 is 148 Å². The van der Waals surface area contributed by atoms with Crippen LogP contribution in [0.15, 0.2) is 0 Å². The molecule has 0 nitrogen and oxygen atoms in total. The van der Waals surface area contributed by atoms with Crippen molar-refractivity contribution in [3.05, 3.63) is 0 Å². The van der Waals surface area contributed by atoms with E-state index in [1.165, 1.54) is 0 Å². The van der Waals surface area contributed by atoms with Crippen LogP contribution in [0.3, 0.4) is 0 Å². The molecule has 0 spiro atoms. The Hall–Kier alpha value is 4.69. The van der Waals surface area contributed by atoms with Crippen molar-refractivity contribution >= 4 is 0 Å². The Balaban J connectivity index is 0. The molecule has 0 bridgehead atoms. The Morgan fingerprint density at radius 1 is 0.333 bits per heavy atom. The van der Waals surface area contributed by atoms with E-state index in [0.29, 0.717) is 0 Å². The van der Waals surface area contributed by atoms with Crippen LogP contribution in [-0.4, -0.2) is 0 Å². The minimum atomic E-state index is 0. The van der Waals surface area contributed by atoms with E-state index in [2.05, 4.69) is 0 Å². The van der Waals surface area contributed by atoms with Crippen LogP contribution in [0, 0.1) is 0 Å². The first kappa shape index (κ1) is 45.7. The zero-order chi connectivity index (χ0) is 0. The molecule has 0 aromatic carbocycles. The van der Waals surface area contributed by atoms with Gasteiger partial charge >= 0.3 is 52.4 Å². The minimum absolute atomic E-state index is 0. The summed E-state index contributed by atoms with van der Waals surface area (Å²) in [5.74, 6) is 0. The topological polar surface area (TPSA) is 0 Å². The predicted octanol–water partition coefficient (Wildman–Crippen LogP) is -12.0. The molecule has 0 saturated heterocycles. The van der Waals surface area contributed by atoms with Gasteiger partial charge in [0, 0.05) is 0 Å². The Kier molecular flexibility index (Phi) is 253. The van der Waals surface area contributed by atoms with Crippen molar-refractivity contribution in [1.29, 1.82) is 0 Å². The van der Waals surface area contributed by atoms with Crippen molar-refractivity contribution in [2.75, 3.05) is 0 Å². The molecule has 0 amide bonds. The molecule has 0 aliphatic rings. The fourth-order valence-electron chi connectivity index (χ4n) is 0. The van der Waals surface area contributed by atoms with Crippen molar-refractivity contribution in [2.45, 2.75) is 0 Å². The largest absolute Gasteiger partial charge is 4.00 e. The van der Waals surface area contributed by atoms with Crippen LogP contribution in [-0.2, 0) is 52.4 Å². The van der Waals surface area contributed by atoms with Crippen LogP contribution in [0.5, 0.6) is 0 Å². The maximum Gasteiger partial charge on any atom is 4.00 e. The summed E-state index contributed by atoms with van der Waals surface area (Å²) in [7, 11) is 0. The summed E-state index contributed by atoms with van der Waals surface area (Å²) < 4.78 is 0. The third-order valence-electron chi connectivity index (χ3n) is 0. The molecule has 0 saturated carbocycles. The SMILES string of the molecule is [I-].[I-].[I-].[I-].[Zr+4].[Zr+4]. The van der Waals surface area contributed by atoms with Gasteiger partial charge in [0.25, 0.3) is 0 Å². The third-order valence-corrected chi connectivity index (χ3v) is 0. The molecule has 6 heteroatoms. The van der Waals surface area contributed by atoms with E-state index in [1.807, 2.05) is 0 Å². The van der Waals surface area contributed by atoms with Crippen molar-refractivity contribution in [3.63, 3.8) is 0 Å². The van der Waals surface area contributed by atoms with Gasteiger partial charge in [0.15, 0.2) is 0 Å². The van der Waals surface area contributed by atoms with Crippen molar-refractivity contribution in [2.24, 2.45) is 0 Å². The summed E-state index contributed by atoms with van der Waals surface area (Å²) in [6.07, 6.45) is 0. The molecule has 0 rings (SSSR count). The van der Waals surface area contributed by atoms with Gasteiger partial charge < -0.3 is 95.9 Å². The number of hydrogen-bond donors (Lipinski definition) is 0. The molecule has 0 atom stereocenters. The van der Waals surface area contributed by atoms with Gasteiger partial charge in [0.05, 0.1) is 0 Å². The summed E-state index contributed by atoms with van der Waals surface area (Å²) >= 11 is 0. The quantitative estimate of drug-likeness (QED) is 0.222. The van der Waals surface area contributed by atoms with Crippen LogP contribution in [0.2, 0.25) is 0 Å². The monoisotopic (exact) mass is 687 g/mol. The fourth-order valence-corrected chi connectivity index (χ4v) is 0. The molecular weight excluding hydrogens is 690 g/mol. The zero-order valence-corrected chi connectivity index (χ0v) is 16.1. The molecule has 0 aliphatic carbocycles. The predicted molar refractivity (Wildman–Crippen MR) is 0 cm³/mol. The van der Waals surface area contributed by atoms with Crippen molar-refractivity contribution in [1.82, 2.24) is 0 Å². The standard InChI is InChI=1S/4HI.2Zr/h4*1H;;/q;;;;2*+4/p-4. The van der Waals surface area contributed by atoms with Crippen molar-refractivity contribution in [3.8, 4) is 0 Å². The molecule has 0 aromatic rings. The Labute approximate surface area is 144 Å². The molecule has 0 aromatic heterocycles. The van der Waals surface area contributed by atoms with Crippen LogP contribution < -0.4 is 95.9 Å². The maximum absolute atomic E-state index is 0. The summed E-state index contributed by atoms with van der Waals surface area (Å²) in [6.45, 7) is 0. The first-order valence-electron chi connectivity index (χ1n) is 0. The molecule has 0 N–H and O–H groups in total. The van der Waals surface area contributed by atoms with Gasteiger partial charge in [-0.1, -0.05) is 0 Å². The number of hydrogen-bond acceptors (Lipinski definition) is 0. The molecule has 0 fully saturated rings. The van der Waals surface area contributed by atoms with E-state index in [9.17, 15) is 0 Å². The van der Waals surface area contributed by atoms with E-state index in [4.69, 9.17) is 0 Å². The van der Waals surface area contributed by atoms with Crippen LogP contribution in [0.4, 0.5) is 0 Å². The van der Waals surface area contributed by atoms with Crippen LogP contribution in [0.1, 0.15) is 0 Å². The van der Waals surface area contributed by atoms with E-state index in [0.717, 1.165) is 0 Å². The smallest absolute Gasteiger partial charge is 1.00 e. The summed E-state index contributed by atoms with van der Waals surface area (Å²) in [4.78, 5) is 0. The molecular formula is I4Zr2+4.